The Balaban J connectivity index is 1.71. The van der Waals surface area contributed by atoms with Crippen molar-refractivity contribution in [2.45, 2.75) is 38.1 Å². The van der Waals surface area contributed by atoms with Crippen LogP contribution in [0.2, 0.25) is 0 Å². The smallest absolute Gasteiger partial charge is 0.0196 e. The quantitative estimate of drug-likeness (QED) is 0.694. The lowest BCUT2D eigenvalue weighted by molar-refractivity contribution is 0.178. The van der Waals surface area contributed by atoms with Crippen LogP contribution in [0.5, 0.6) is 0 Å². The molecule has 1 heterocycles. The number of piperidine rings is 1. The van der Waals surface area contributed by atoms with E-state index in [0.717, 1.165) is 12.5 Å². The molecule has 1 aliphatic carbocycles. The molecule has 2 nitrogen and oxygen atoms in total. The molecule has 1 atom stereocenters. The fourth-order valence-electron chi connectivity index (χ4n) is 2.37. The Morgan fingerprint density at radius 1 is 1.36 bits per heavy atom. The molecule has 0 spiro atoms. The Bertz CT molecular complexity index is 198. The van der Waals surface area contributed by atoms with E-state index >= 15 is 0 Å². The van der Waals surface area contributed by atoms with Gasteiger partial charge in [0.15, 0.2) is 0 Å². The van der Waals surface area contributed by atoms with E-state index in [1.165, 1.54) is 50.8 Å². The van der Waals surface area contributed by atoms with Gasteiger partial charge in [0.2, 0.25) is 0 Å². The predicted octanol–water partition coefficient (Wildman–Crippen LogP) is 1.77. The standard InChI is InChI=1S/C12H22N2/c1-10-5-7-14(8-6-10)9-12(13)11-3-2-4-11/h11-12H,1-9,13H2. The Labute approximate surface area is 87.2 Å². The van der Waals surface area contributed by atoms with Crippen LogP contribution in [-0.4, -0.2) is 30.6 Å². The Morgan fingerprint density at radius 3 is 2.50 bits per heavy atom. The molecule has 1 unspecified atom stereocenters. The lowest BCUT2D eigenvalue weighted by Gasteiger charge is -2.36. The van der Waals surface area contributed by atoms with Gasteiger partial charge in [-0.05, 0) is 31.6 Å². The fourth-order valence-corrected chi connectivity index (χ4v) is 2.37. The molecule has 0 aromatic rings. The first-order valence-corrected chi connectivity index (χ1v) is 5.90. The summed E-state index contributed by atoms with van der Waals surface area (Å²) in [7, 11) is 0. The van der Waals surface area contributed by atoms with Crippen LogP contribution >= 0.6 is 0 Å². The molecule has 0 radical (unpaired) electrons. The topological polar surface area (TPSA) is 29.3 Å². The van der Waals surface area contributed by atoms with E-state index in [1.54, 1.807) is 0 Å². The van der Waals surface area contributed by atoms with E-state index in [9.17, 15) is 0 Å². The lowest BCUT2D eigenvalue weighted by atomic mass is 9.80. The highest BCUT2D eigenvalue weighted by Crippen LogP contribution is 2.29. The molecule has 0 aromatic heterocycles. The highest BCUT2D eigenvalue weighted by molar-refractivity contribution is 4.99. The summed E-state index contributed by atoms with van der Waals surface area (Å²) in [5.41, 5.74) is 7.60. The van der Waals surface area contributed by atoms with Crippen molar-refractivity contribution in [3.05, 3.63) is 12.2 Å². The monoisotopic (exact) mass is 194 g/mol. The number of hydrogen-bond donors (Lipinski definition) is 1. The molecule has 0 amide bonds. The molecule has 1 aliphatic heterocycles. The van der Waals surface area contributed by atoms with Crippen LogP contribution in [0.25, 0.3) is 0 Å². The summed E-state index contributed by atoms with van der Waals surface area (Å²) in [6.45, 7) is 7.50. The zero-order chi connectivity index (χ0) is 9.97. The van der Waals surface area contributed by atoms with E-state index in [0.29, 0.717) is 6.04 Å². The average molecular weight is 194 g/mol. The van der Waals surface area contributed by atoms with Crippen LogP contribution in [0.1, 0.15) is 32.1 Å². The summed E-state index contributed by atoms with van der Waals surface area (Å²) in [6, 6.07) is 0.426. The highest BCUT2D eigenvalue weighted by Gasteiger charge is 2.26. The summed E-state index contributed by atoms with van der Waals surface area (Å²) < 4.78 is 0. The van der Waals surface area contributed by atoms with Gasteiger partial charge in [0.05, 0.1) is 0 Å². The first-order chi connectivity index (χ1) is 6.75. The molecular formula is C12H22N2. The number of hydrogen-bond acceptors (Lipinski definition) is 2. The summed E-state index contributed by atoms with van der Waals surface area (Å²) in [4.78, 5) is 2.51. The van der Waals surface area contributed by atoms with Crippen molar-refractivity contribution < 1.29 is 0 Å². The third-order valence-corrected chi connectivity index (χ3v) is 3.79. The SMILES string of the molecule is C=C1CCN(CC(N)C2CCC2)CC1. The second-order valence-corrected chi connectivity index (χ2v) is 4.91. The number of nitrogens with two attached hydrogens (primary N) is 1. The zero-order valence-corrected chi connectivity index (χ0v) is 9.04. The van der Waals surface area contributed by atoms with Crippen LogP contribution in [-0.2, 0) is 0 Å². The van der Waals surface area contributed by atoms with Crippen LogP contribution in [0.4, 0.5) is 0 Å². The normalized spacial score (nSPS) is 27.4. The van der Waals surface area contributed by atoms with Crippen LogP contribution in [0, 0.1) is 5.92 Å². The molecule has 0 bridgehead atoms. The van der Waals surface area contributed by atoms with Crippen LogP contribution in [0.15, 0.2) is 12.2 Å². The minimum atomic E-state index is 0.426. The van der Waals surface area contributed by atoms with E-state index in [-0.39, 0.29) is 0 Å². The number of rotatable bonds is 3. The van der Waals surface area contributed by atoms with E-state index in [4.69, 9.17) is 5.73 Å². The molecular weight excluding hydrogens is 172 g/mol. The molecule has 1 saturated carbocycles. The average Bonchev–Trinajstić information content (AvgIpc) is 2.06. The van der Waals surface area contributed by atoms with Gasteiger partial charge in [0.25, 0.3) is 0 Å². The minimum absolute atomic E-state index is 0.426. The second-order valence-electron chi connectivity index (χ2n) is 4.91. The summed E-state index contributed by atoms with van der Waals surface area (Å²) >= 11 is 0. The van der Waals surface area contributed by atoms with E-state index in [1.807, 2.05) is 0 Å². The van der Waals surface area contributed by atoms with Gasteiger partial charge < -0.3 is 10.6 Å². The maximum atomic E-state index is 6.18. The number of likely N-dealkylation sites (tertiary alicyclic amines) is 1. The van der Waals surface area contributed by atoms with E-state index < -0.39 is 0 Å². The molecule has 1 saturated heterocycles. The minimum Gasteiger partial charge on any atom is -0.326 e. The van der Waals surface area contributed by atoms with Gasteiger partial charge in [0, 0.05) is 25.7 Å². The first-order valence-electron chi connectivity index (χ1n) is 5.90. The molecule has 2 rings (SSSR count). The van der Waals surface area contributed by atoms with Gasteiger partial charge in [-0.25, -0.2) is 0 Å². The lowest BCUT2D eigenvalue weighted by Crippen LogP contribution is -2.46. The summed E-state index contributed by atoms with van der Waals surface area (Å²) in [5.74, 6) is 0.820. The van der Waals surface area contributed by atoms with Crippen molar-refractivity contribution in [2.75, 3.05) is 19.6 Å². The van der Waals surface area contributed by atoms with Crippen LogP contribution in [0.3, 0.4) is 0 Å². The Hall–Kier alpha value is -0.340. The molecule has 14 heavy (non-hydrogen) atoms. The third kappa shape index (κ3) is 2.37. The second kappa shape index (κ2) is 4.45. The first kappa shape index (κ1) is 10.2. The predicted molar refractivity (Wildman–Crippen MR) is 60.1 cm³/mol. The van der Waals surface area contributed by atoms with Crippen molar-refractivity contribution in [1.29, 1.82) is 0 Å². The van der Waals surface area contributed by atoms with Gasteiger partial charge in [-0.2, -0.15) is 0 Å². The Kier molecular flexibility index (Phi) is 3.24. The van der Waals surface area contributed by atoms with Gasteiger partial charge in [-0.15, -0.1) is 0 Å². The van der Waals surface area contributed by atoms with Crippen molar-refractivity contribution >= 4 is 0 Å². The zero-order valence-electron chi connectivity index (χ0n) is 9.04. The van der Waals surface area contributed by atoms with Crippen molar-refractivity contribution in [3.63, 3.8) is 0 Å². The molecule has 2 aliphatic rings. The fraction of sp³-hybridized carbons (Fsp3) is 0.833. The largest absolute Gasteiger partial charge is 0.326 e. The number of nitrogens with zero attached hydrogens (tertiary/aromatic N) is 1. The van der Waals surface area contributed by atoms with Gasteiger partial charge in [0.1, 0.15) is 0 Å². The van der Waals surface area contributed by atoms with Crippen LogP contribution < -0.4 is 5.73 Å². The van der Waals surface area contributed by atoms with Crippen molar-refractivity contribution in [2.24, 2.45) is 11.7 Å². The molecule has 2 N–H and O–H groups in total. The Morgan fingerprint density at radius 2 is 2.00 bits per heavy atom. The molecule has 80 valence electrons. The molecule has 2 fully saturated rings. The summed E-state index contributed by atoms with van der Waals surface area (Å²) in [6.07, 6.45) is 6.48. The van der Waals surface area contributed by atoms with Crippen molar-refractivity contribution in [3.8, 4) is 0 Å². The maximum absolute atomic E-state index is 6.18. The summed E-state index contributed by atoms with van der Waals surface area (Å²) in [5, 5.41) is 0. The highest BCUT2D eigenvalue weighted by atomic mass is 15.1. The maximum Gasteiger partial charge on any atom is 0.0196 e. The third-order valence-electron chi connectivity index (χ3n) is 3.79. The molecule has 2 heteroatoms. The molecule has 0 aromatic carbocycles. The van der Waals surface area contributed by atoms with Gasteiger partial charge in [-0.1, -0.05) is 18.6 Å². The van der Waals surface area contributed by atoms with Crippen molar-refractivity contribution in [1.82, 2.24) is 4.90 Å². The van der Waals surface area contributed by atoms with E-state index in [2.05, 4.69) is 11.5 Å². The van der Waals surface area contributed by atoms with Gasteiger partial charge in [-0.3, -0.25) is 0 Å². The van der Waals surface area contributed by atoms with Gasteiger partial charge >= 0.3 is 0 Å².